The quantitative estimate of drug-likeness (QED) is 0.250. The van der Waals surface area contributed by atoms with Crippen molar-refractivity contribution < 1.29 is 35.1 Å². The highest BCUT2D eigenvalue weighted by atomic mass is 32.1. The number of ether oxygens (including phenoxy) is 1. The van der Waals surface area contributed by atoms with Crippen LogP contribution in [0.5, 0.6) is 0 Å². The second kappa shape index (κ2) is 4.45. The van der Waals surface area contributed by atoms with Crippen LogP contribution in [0, 0.1) is 0 Å². The van der Waals surface area contributed by atoms with Crippen LogP contribution in [0.25, 0.3) is 0 Å². The molecule has 1 aliphatic heterocycles. The lowest BCUT2D eigenvalue weighted by atomic mass is 9.93. The minimum absolute atomic E-state index is 1.54. The number of aliphatic hydroxyl groups is 4. The molecule has 0 spiro atoms. The zero-order chi connectivity index (χ0) is 12.7. The SMILES string of the molecule is NC(C(=O)O)C1(S)OC(O)C(O)C(O)C1O. The fourth-order valence-corrected chi connectivity index (χ4v) is 1.74. The van der Waals surface area contributed by atoms with Crippen molar-refractivity contribution in [2.75, 3.05) is 0 Å². The van der Waals surface area contributed by atoms with E-state index in [0.29, 0.717) is 0 Å². The molecule has 9 heteroatoms. The number of hydrogen-bond acceptors (Lipinski definition) is 8. The molecule has 7 N–H and O–H groups in total. The molecule has 16 heavy (non-hydrogen) atoms. The van der Waals surface area contributed by atoms with E-state index in [0.717, 1.165) is 0 Å². The molecular weight excluding hydrogens is 242 g/mol. The number of carbonyl (C=O) groups is 1. The van der Waals surface area contributed by atoms with Gasteiger partial charge in [0.25, 0.3) is 0 Å². The van der Waals surface area contributed by atoms with Crippen LogP contribution in [-0.2, 0) is 9.53 Å². The van der Waals surface area contributed by atoms with Gasteiger partial charge in [0, 0.05) is 0 Å². The first-order chi connectivity index (χ1) is 7.21. The third kappa shape index (κ3) is 2.02. The maximum atomic E-state index is 10.7. The first-order valence-electron chi connectivity index (χ1n) is 4.32. The van der Waals surface area contributed by atoms with Crippen molar-refractivity contribution >= 4 is 18.6 Å². The number of carboxylic acids is 1. The van der Waals surface area contributed by atoms with Crippen LogP contribution in [0.1, 0.15) is 0 Å². The normalized spacial score (nSPS) is 46.4. The average Bonchev–Trinajstić information content (AvgIpc) is 2.22. The predicted molar refractivity (Wildman–Crippen MR) is 52.4 cm³/mol. The van der Waals surface area contributed by atoms with Crippen LogP contribution >= 0.6 is 12.6 Å². The van der Waals surface area contributed by atoms with E-state index in [1.165, 1.54) is 0 Å². The summed E-state index contributed by atoms with van der Waals surface area (Å²) in [6, 6.07) is -1.79. The number of aliphatic hydroxyl groups excluding tert-OH is 4. The Morgan fingerprint density at radius 1 is 1.31 bits per heavy atom. The van der Waals surface area contributed by atoms with Gasteiger partial charge in [0.05, 0.1) is 0 Å². The second-order valence-corrected chi connectivity index (χ2v) is 4.20. The fraction of sp³-hybridized carbons (Fsp3) is 0.857. The summed E-state index contributed by atoms with van der Waals surface area (Å²) in [5.74, 6) is -1.54. The lowest BCUT2D eigenvalue weighted by molar-refractivity contribution is -0.295. The topological polar surface area (TPSA) is 153 Å². The fourth-order valence-electron chi connectivity index (χ4n) is 1.37. The van der Waals surface area contributed by atoms with Gasteiger partial charge in [-0.3, -0.25) is 4.79 Å². The van der Waals surface area contributed by atoms with E-state index >= 15 is 0 Å². The third-order valence-corrected chi connectivity index (χ3v) is 3.06. The van der Waals surface area contributed by atoms with Gasteiger partial charge in [0.15, 0.2) is 11.2 Å². The first-order valence-corrected chi connectivity index (χ1v) is 4.77. The first kappa shape index (κ1) is 13.6. The van der Waals surface area contributed by atoms with Crippen molar-refractivity contribution in [2.24, 2.45) is 5.73 Å². The molecule has 0 aromatic heterocycles. The predicted octanol–water partition coefficient (Wildman–Crippen LogP) is -3.54. The number of nitrogens with two attached hydrogens (primary N) is 1. The van der Waals surface area contributed by atoms with Crippen LogP contribution in [0.4, 0.5) is 0 Å². The smallest absolute Gasteiger partial charge is 0.324 e. The molecule has 6 atom stereocenters. The van der Waals surface area contributed by atoms with E-state index in [-0.39, 0.29) is 0 Å². The molecule has 0 saturated carbocycles. The average molecular weight is 255 g/mol. The van der Waals surface area contributed by atoms with E-state index in [1.54, 1.807) is 0 Å². The van der Waals surface area contributed by atoms with Gasteiger partial charge in [-0.2, -0.15) is 0 Å². The maximum Gasteiger partial charge on any atom is 0.324 e. The summed E-state index contributed by atoms with van der Waals surface area (Å²) >= 11 is 3.73. The minimum Gasteiger partial charge on any atom is -0.480 e. The molecule has 0 aliphatic carbocycles. The molecule has 1 saturated heterocycles. The Morgan fingerprint density at radius 3 is 2.25 bits per heavy atom. The molecule has 94 valence electrons. The summed E-state index contributed by atoms with van der Waals surface area (Å²) in [6.07, 6.45) is -7.33. The number of carboxylic acid groups (broad SMARTS) is 1. The molecule has 0 radical (unpaired) electrons. The van der Waals surface area contributed by atoms with Gasteiger partial charge in [-0.25, -0.2) is 0 Å². The Bertz CT molecular complexity index is 290. The minimum atomic E-state index is -2.19. The largest absolute Gasteiger partial charge is 0.480 e. The molecule has 1 rings (SSSR count). The lowest BCUT2D eigenvalue weighted by Crippen LogP contribution is -2.69. The monoisotopic (exact) mass is 255 g/mol. The Kier molecular flexibility index (Phi) is 3.80. The van der Waals surface area contributed by atoms with Crippen molar-refractivity contribution in [2.45, 2.75) is 35.6 Å². The van der Waals surface area contributed by atoms with E-state index in [4.69, 9.17) is 15.9 Å². The van der Waals surface area contributed by atoms with Gasteiger partial charge in [0.2, 0.25) is 0 Å². The van der Waals surface area contributed by atoms with Gasteiger partial charge in [0.1, 0.15) is 24.4 Å². The molecule has 0 aromatic rings. The van der Waals surface area contributed by atoms with Crippen LogP contribution in [0.2, 0.25) is 0 Å². The Labute approximate surface area is 95.7 Å². The van der Waals surface area contributed by atoms with Gasteiger partial charge in [-0.15, -0.1) is 12.6 Å². The van der Waals surface area contributed by atoms with Gasteiger partial charge in [-0.05, 0) is 0 Å². The molecule has 1 heterocycles. The maximum absolute atomic E-state index is 10.7. The highest BCUT2D eigenvalue weighted by Gasteiger charge is 2.56. The summed E-state index contributed by atoms with van der Waals surface area (Å²) in [5.41, 5.74) is 5.22. The van der Waals surface area contributed by atoms with E-state index in [1.807, 2.05) is 0 Å². The van der Waals surface area contributed by atoms with Crippen LogP contribution in [0.3, 0.4) is 0 Å². The number of aliphatic carboxylic acids is 1. The van der Waals surface area contributed by atoms with Crippen molar-refractivity contribution in [1.29, 1.82) is 0 Å². The summed E-state index contributed by atoms with van der Waals surface area (Å²) in [4.78, 5) is 8.46. The summed E-state index contributed by atoms with van der Waals surface area (Å²) in [7, 11) is 0. The van der Waals surface area contributed by atoms with Gasteiger partial charge >= 0.3 is 5.97 Å². The lowest BCUT2D eigenvalue weighted by Gasteiger charge is -2.46. The second-order valence-electron chi connectivity index (χ2n) is 3.50. The zero-order valence-electron chi connectivity index (χ0n) is 7.96. The van der Waals surface area contributed by atoms with Gasteiger partial charge in [-0.1, -0.05) is 0 Å². The number of hydrogen-bond donors (Lipinski definition) is 7. The molecule has 1 aliphatic rings. The Balaban J connectivity index is 2.99. The van der Waals surface area contributed by atoms with Crippen molar-refractivity contribution in [1.82, 2.24) is 0 Å². The molecule has 1 fully saturated rings. The summed E-state index contributed by atoms with van der Waals surface area (Å²) in [5, 5.41) is 45.9. The molecule has 0 aromatic carbocycles. The Hall–Kier alpha value is -0.420. The van der Waals surface area contributed by atoms with E-state index in [9.17, 15) is 20.1 Å². The zero-order valence-corrected chi connectivity index (χ0v) is 8.86. The highest BCUT2D eigenvalue weighted by Crippen LogP contribution is 2.34. The Morgan fingerprint density at radius 2 is 1.81 bits per heavy atom. The van der Waals surface area contributed by atoms with Crippen LogP contribution in [-0.4, -0.2) is 67.1 Å². The molecule has 8 nitrogen and oxygen atoms in total. The van der Waals surface area contributed by atoms with Gasteiger partial charge < -0.3 is 36.0 Å². The number of thiol groups is 1. The van der Waals surface area contributed by atoms with Crippen LogP contribution in [0.15, 0.2) is 0 Å². The van der Waals surface area contributed by atoms with E-state index in [2.05, 4.69) is 17.4 Å². The van der Waals surface area contributed by atoms with Crippen molar-refractivity contribution in [3.8, 4) is 0 Å². The summed E-state index contributed by atoms with van der Waals surface area (Å²) < 4.78 is 4.65. The molecular formula is C7H13NO7S. The van der Waals surface area contributed by atoms with E-state index < -0.39 is 41.5 Å². The number of rotatable bonds is 2. The van der Waals surface area contributed by atoms with Crippen LogP contribution < -0.4 is 5.73 Å². The third-order valence-electron chi connectivity index (χ3n) is 2.41. The molecule has 6 unspecified atom stereocenters. The summed E-state index contributed by atoms with van der Waals surface area (Å²) in [6.45, 7) is 0. The van der Waals surface area contributed by atoms with Crippen molar-refractivity contribution in [3.05, 3.63) is 0 Å². The molecule has 0 bridgehead atoms. The highest BCUT2D eigenvalue weighted by molar-refractivity contribution is 7.81. The molecule has 0 amide bonds. The van der Waals surface area contributed by atoms with Crippen molar-refractivity contribution in [3.63, 3.8) is 0 Å². The standard InChI is InChI=1S/C7H13NO7S/c8-3(5(12)13)7(16)4(11)1(9)2(10)6(14)15-7/h1-4,6,9-11,14,16H,8H2,(H,12,13).